The molecule has 20 N–H and O–H groups in total. The zero-order valence-electron chi connectivity index (χ0n) is 79.9. The van der Waals surface area contributed by atoms with Crippen molar-refractivity contribution in [1.82, 2.24) is 21.3 Å². The van der Waals surface area contributed by atoms with Crippen LogP contribution in [-0.4, -0.2) is 142 Å². The quantitative estimate of drug-likeness (QED) is 0.0116. The average molecular weight is 1880 g/mol. The van der Waals surface area contributed by atoms with Crippen molar-refractivity contribution < 1.29 is 50.7 Å². The summed E-state index contributed by atoms with van der Waals surface area (Å²) in [5.41, 5.74) is 46.1. The van der Waals surface area contributed by atoms with Crippen molar-refractivity contribution in [2.45, 2.75) is 514 Å². The minimum Gasteiger partial charge on any atom is -0.0654 e. The predicted molar refractivity (Wildman–Crippen MR) is 516 cm³/mol. The smallest absolute Gasteiger partial charge is 0.0654 e. The molecule has 728 valence electrons. The number of nitrogens with two attached hydrogens (primary N) is 8. The van der Waals surface area contributed by atoms with Gasteiger partial charge >= 0.3 is 511 Å². The first-order valence-corrected chi connectivity index (χ1v) is 55.6. The number of aliphatic imine (C=N–C) groups is 4. The van der Waals surface area contributed by atoms with Gasteiger partial charge in [0.1, 0.15) is 0 Å². The molecule has 0 aromatic heterocycles. The van der Waals surface area contributed by atoms with Crippen LogP contribution in [0, 0.1) is 0 Å². The molecule has 29 heteroatoms. The van der Waals surface area contributed by atoms with Gasteiger partial charge in [-0.2, -0.15) is 0 Å². The SMILES string of the molecule is CCCCCCCCCCCCCCCCCC(=O)N[C@@H](CCCN=C(N)N)C(=O)[O][Sn]([O]C(=O)[C@H](CCCN=C(N)N)NC(=O)CCCCCCCCCCCCCCCCC)([O]C(=O)[C@H](CCCN=C(N)N)NC(=O)CCCCCCCCCCCCCCCCC)[O]C(=O)[C@H](CCCN=C(N)N)NC(=O)CCCCCCCCCCCCCCCCC. The number of carbonyl (C=O) groups is 8. The van der Waals surface area contributed by atoms with Gasteiger partial charge in [0.2, 0.25) is 0 Å². The number of amides is 4. The Labute approximate surface area is 764 Å². The Hall–Kier alpha value is -6.36. The molecule has 125 heavy (non-hydrogen) atoms. The Kier molecular flexibility index (Phi) is 82.6. The van der Waals surface area contributed by atoms with Crippen LogP contribution in [0.15, 0.2) is 20.0 Å². The summed E-state index contributed by atoms with van der Waals surface area (Å²) in [7, 11) is 0. The van der Waals surface area contributed by atoms with Crippen LogP contribution in [0.25, 0.3) is 0 Å². The minimum absolute atomic E-state index is 0.00517. The molecule has 0 saturated carbocycles. The van der Waals surface area contributed by atoms with E-state index in [2.05, 4.69) is 68.9 Å². The third kappa shape index (κ3) is 78.4. The van der Waals surface area contributed by atoms with Crippen LogP contribution in [0.2, 0.25) is 0 Å². The van der Waals surface area contributed by atoms with Crippen LogP contribution in [0.1, 0.15) is 490 Å². The van der Waals surface area contributed by atoms with Crippen molar-refractivity contribution in [3.63, 3.8) is 0 Å². The number of rotatable bonds is 92. The fourth-order valence-electron chi connectivity index (χ4n) is 15.6. The molecule has 0 unspecified atom stereocenters. The molecular formula is C96H188N16O12Sn. The van der Waals surface area contributed by atoms with E-state index < -0.39 is 91.7 Å². The van der Waals surface area contributed by atoms with Crippen molar-refractivity contribution >= 4 is 91.4 Å². The second-order valence-electron chi connectivity index (χ2n) is 35.3. The second kappa shape index (κ2) is 87.0. The number of guanidine groups is 4. The number of hydrogen-bond acceptors (Lipinski definition) is 16. The normalized spacial score (nSPS) is 12.3. The van der Waals surface area contributed by atoms with E-state index in [1.54, 1.807) is 0 Å². The number of carbonyl (C=O) groups excluding carboxylic acids is 8. The first kappa shape index (κ1) is 119. The van der Waals surface area contributed by atoms with E-state index in [9.17, 15) is 19.2 Å². The molecule has 0 aromatic carbocycles. The van der Waals surface area contributed by atoms with Gasteiger partial charge in [-0.1, -0.05) is 259 Å². The molecule has 4 atom stereocenters. The summed E-state index contributed by atoms with van der Waals surface area (Å²) in [4.78, 5) is 136. The molecule has 28 nitrogen and oxygen atoms in total. The molecule has 0 bridgehead atoms. The third-order valence-corrected chi connectivity index (χ3v) is 28.3. The molecule has 0 rings (SSSR count). The van der Waals surface area contributed by atoms with Crippen LogP contribution in [0.4, 0.5) is 0 Å². The monoisotopic (exact) mass is 1880 g/mol. The molecule has 0 spiro atoms. The van der Waals surface area contributed by atoms with Crippen LogP contribution in [-0.2, 0) is 50.7 Å². The van der Waals surface area contributed by atoms with Gasteiger partial charge in [-0.05, 0) is 0 Å². The van der Waals surface area contributed by atoms with Gasteiger partial charge in [0, 0.05) is 0 Å². The molecule has 0 saturated heterocycles. The van der Waals surface area contributed by atoms with E-state index in [0.717, 1.165) is 128 Å². The summed E-state index contributed by atoms with van der Waals surface area (Å²) in [6.07, 6.45) is 66.4. The van der Waals surface area contributed by atoms with E-state index in [1.807, 2.05) is 0 Å². The minimum atomic E-state index is -7.51. The summed E-state index contributed by atoms with van der Waals surface area (Å²) < 4.78 is 25.5. The van der Waals surface area contributed by atoms with Gasteiger partial charge in [-0.3, -0.25) is 0 Å². The van der Waals surface area contributed by atoms with Crippen LogP contribution in [0.5, 0.6) is 0 Å². The first-order valence-electron chi connectivity index (χ1n) is 50.9. The van der Waals surface area contributed by atoms with E-state index in [0.29, 0.717) is 25.7 Å². The molecular weight excluding hydrogens is 1690 g/mol. The van der Waals surface area contributed by atoms with Gasteiger partial charge in [0.05, 0.1) is 0 Å². The summed E-state index contributed by atoms with van der Waals surface area (Å²) in [5.74, 6) is -8.45. The zero-order chi connectivity index (χ0) is 92.0. The van der Waals surface area contributed by atoms with E-state index in [-0.39, 0.29) is 127 Å². The van der Waals surface area contributed by atoms with Gasteiger partial charge < -0.3 is 0 Å². The summed E-state index contributed by atoms with van der Waals surface area (Å²) in [6.45, 7) is 8.87. The fraction of sp³-hybridized carbons (Fsp3) is 0.875. The van der Waals surface area contributed by atoms with E-state index in [1.165, 1.54) is 231 Å². The summed E-state index contributed by atoms with van der Waals surface area (Å²) in [5, 5.41) is 11.2. The maximum absolute atomic E-state index is 15.6. The molecule has 0 aliphatic carbocycles. The number of hydrogen-bond donors (Lipinski definition) is 12. The topological polar surface area (TPSA) is 479 Å². The zero-order valence-corrected chi connectivity index (χ0v) is 82.7. The molecule has 0 aromatic rings. The Morgan fingerprint density at radius 3 is 0.464 bits per heavy atom. The van der Waals surface area contributed by atoms with Crippen molar-refractivity contribution in [2.75, 3.05) is 26.2 Å². The Morgan fingerprint density at radius 2 is 0.336 bits per heavy atom. The molecule has 0 heterocycles. The first-order chi connectivity index (χ1) is 60.6. The number of nitrogens with one attached hydrogen (secondary N) is 4. The van der Waals surface area contributed by atoms with E-state index >= 15 is 19.2 Å². The molecule has 0 radical (unpaired) electrons. The van der Waals surface area contributed by atoms with Gasteiger partial charge in [-0.25, -0.2) is 0 Å². The van der Waals surface area contributed by atoms with Gasteiger partial charge in [0.25, 0.3) is 0 Å². The Balaban J connectivity index is 8.00. The van der Waals surface area contributed by atoms with Crippen LogP contribution < -0.4 is 67.1 Å². The second-order valence-corrected chi connectivity index (χ2v) is 40.4. The molecule has 4 amide bonds. The Morgan fingerprint density at radius 1 is 0.208 bits per heavy atom. The molecule has 0 aliphatic heterocycles. The van der Waals surface area contributed by atoms with Crippen LogP contribution >= 0.6 is 0 Å². The maximum atomic E-state index is 15.6. The number of unbranched alkanes of at least 4 members (excludes halogenated alkanes) is 56. The van der Waals surface area contributed by atoms with Crippen molar-refractivity contribution in [1.29, 1.82) is 0 Å². The molecule has 0 fully saturated rings. The summed E-state index contributed by atoms with van der Waals surface area (Å²) >= 11 is -7.51. The number of nitrogens with zero attached hydrogens (tertiary/aromatic N) is 4. The predicted octanol–water partition coefficient (Wildman–Crippen LogP) is 18.8. The Bertz CT molecular complexity index is 2420. The fourth-order valence-corrected chi connectivity index (χ4v) is 20.8. The van der Waals surface area contributed by atoms with Gasteiger partial charge in [-0.15, -0.1) is 0 Å². The standard InChI is InChI=1S/4C24H48N4O3.Sn/c4*1-2-3-4-5-6-7-8-9-10-11-12-13-14-15-16-19-22(29)28-21(23(30)31)18-17-20-27-24(25)26;/h4*21H,2-20H2,1H3,(H,28,29)(H,30,31)(H4,25,26,27);/q;;;;+4/p-4/t4*21-;/m0000./s1. The van der Waals surface area contributed by atoms with Crippen molar-refractivity contribution in [3.05, 3.63) is 0 Å². The van der Waals surface area contributed by atoms with Crippen molar-refractivity contribution in [2.24, 2.45) is 65.8 Å². The average Bonchev–Trinajstić information content (AvgIpc) is 0.800. The molecule has 0 aliphatic rings. The third-order valence-electron chi connectivity index (χ3n) is 23.2. The van der Waals surface area contributed by atoms with Crippen molar-refractivity contribution in [3.8, 4) is 0 Å². The summed E-state index contributed by atoms with van der Waals surface area (Å²) in [6, 6.07) is -6.44. The van der Waals surface area contributed by atoms with Gasteiger partial charge in [0.15, 0.2) is 0 Å². The van der Waals surface area contributed by atoms with E-state index in [4.69, 9.17) is 58.2 Å². The van der Waals surface area contributed by atoms with Crippen LogP contribution in [0.3, 0.4) is 0 Å².